The molecular formula is C16H22N2O. The zero-order chi connectivity index (χ0) is 13.2. The van der Waals surface area contributed by atoms with Crippen LogP contribution in [0.2, 0.25) is 0 Å². The van der Waals surface area contributed by atoms with E-state index < -0.39 is 0 Å². The van der Waals surface area contributed by atoms with Crippen LogP contribution in [0, 0.1) is 12.8 Å². The maximum Gasteiger partial charge on any atom is 0.246 e. The highest BCUT2D eigenvalue weighted by molar-refractivity contribution is 6.02. The SMILES string of the molecule is Cc1ccc2c(c1)C(NCC1CCCCC1)C(=O)N2. The Balaban J connectivity index is 1.67. The smallest absolute Gasteiger partial charge is 0.246 e. The lowest BCUT2D eigenvalue weighted by Gasteiger charge is -2.23. The standard InChI is InChI=1S/C16H22N2O/c1-11-7-8-14-13(9-11)15(16(19)18-14)17-10-12-5-3-2-4-6-12/h7-9,12,15,17H,2-6,10H2,1H3,(H,18,19). The van der Waals surface area contributed by atoms with Gasteiger partial charge in [-0.2, -0.15) is 0 Å². The van der Waals surface area contributed by atoms with Gasteiger partial charge in [-0.3, -0.25) is 4.79 Å². The molecule has 0 saturated heterocycles. The van der Waals surface area contributed by atoms with Crippen molar-refractivity contribution in [3.05, 3.63) is 29.3 Å². The zero-order valence-electron chi connectivity index (χ0n) is 11.5. The largest absolute Gasteiger partial charge is 0.324 e. The van der Waals surface area contributed by atoms with Crippen LogP contribution in [0.3, 0.4) is 0 Å². The minimum Gasteiger partial charge on any atom is -0.324 e. The Labute approximate surface area is 114 Å². The molecule has 3 nitrogen and oxygen atoms in total. The molecule has 0 spiro atoms. The fourth-order valence-electron chi connectivity index (χ4n) is 3.26. The average molecular weight is 258 g/mol. The van der Waals surface area contributed by atoms with Crippen molar-refractivity contribution in [1.82, 2.24) is 5.32 Å². The lowest BCUT2D eigenvalue weighted by molar-refractivity contribution is -0.117. The first kappa shape index (κ1) is 12.7. The van der Waals surface area contributed by atoms with E-state index in [0.717, 1.165) is 23.7 Å². The molecule has 2 N–H and O–H groups in total. The number of carbonyl (C=O) groups is 1. The lowest BCUT2D eigenvalue weighted by atomic mass is 9.89. The summed E-state index contributed by atoms with van der Waals surface area (Å²) >= 11 is 0. The number of rotatable bonds is 3. The average Bonchev–Trinajstić information content (AvgIpc) is 2.73. The Morgan fingerprint density at radius 1 is 1.26 bits per heavy atom. The number of hydrogen-bond donors (Lipinski definition) is 2. The molecule has 1 aromatic carbocycles. The van der Waals surface area contributed by atoms with Crippen LogP contribution in [0.15, 0.2) is 18.2 Å². The van der Waals surface area contributed by atoms with Crippen molar-refractivity contribution in [2.24, 2.45) is 5.92 Å². The topological polar surface area (TPSA) is 41.1 Å². The molecule has 1 aliphatic carbocycles. The molecule has 3 heteroatoms. The molecular weight excluding hydrogens is 236 g/mol. The Kier molecular flexibility index (Phi) is 3.56. The Bertz CT molecular complexity index is 478. The summed E-state index contributed by atoms with van der Waals surface area (Å²) in [7, 11) is 0. The third-order valence-electron chi connectivity index (χ3n) is 4.37. The van der Waals surface area contributed by atoms with E-state index >= 15 is 0 Å². The number of aryl methyl sites for hydroxylation is 1. The third kappa shape index (κ3) is 2.66. The van der Waals surface area contributed by atoms with Crippen LogP contribution < -0.4 is 10.6 Å². The molecule has 1 heterocycles. The van der Waals surface area contributed by atoms with Crippen LogP contribution in [-0.2, 0) is 4.79 Å². The predicted octanol–water partition coefficient (Wildman–Crippen LogP) is 3.16. The van der Waals surface area contributed by atoms with Gasteiger partial charge in [-0.1, -0.05) is 37.0 Å². The number of hydrogen-bond acceptors (Lipinski definition) is 2. The second-order valence-electron chi connectivity index (χ2n) is 5.93. The van der Waals surface area contributed by atoms with E-state index in [4.69, 9.17) is 0 Å². The number of carbonyl (C=O) groups excluding carboxylic acids is 1. The summed E-state index contributed by atoms with van der Waals surface area (Å²) in [6, 6.07) is 6.01. The number of nitrogens with one attached hydrogen (secondary N) is 2. The van der Waals surface area contributed by atoms with E-state index in [0.29, 0.717) is 0 Å². The van der Waals surface area contributed by atoms with Gasteiger partial charge in [0.05, 0.1) is 0 Å². The molecule has 2 aliphatic rings. The third-order valence-corrected chi connectivity index (χ3v) is 4.37. The van der Waals surface area contributed by atoms with E-state index in [1.807, 2.05) is 12.1 Å². The highest BCUT2D eigenvalue weighted by atomic mass is 16.2. The van der Waals surface area contributed by atoms with Gasteiger partial charge in [0.2, 0.25) is 5.91 Å². The van der Waals surface area contributed by atoms with Gasteiger partial charge in [0.15, 0.2) is 0 Å². The van der Waals surface area contributed by atoms with Gasteiger partial charge in [0, 0.05) is 11.3 Å². The first-order valence-electron chi connectivity index (χ1n) is 7.39. The first-order chi connectivity index (χ1) is 9.24. The normalized spacial score (nSPS) is 23.2. The van der Waals surface area contributed by atoms with Crippen molar-refractivity contribution in [3.63, 3.8) is 0 Å². The van der Waals surface area contributed by atoms with E-state index in [9.17, 15) is 4.79 Å². The maximum atomic E-state index is 12.0. The number of amides is 1. The van der Waals surface area contributed by atoms with Gasteiger partial charge in [-0.15, -0.1) is 0 Å². The van der Waals surface area contributed by atoms with Gasteiger partial charge in [-0.25, -0.2) is 0 Å². The van der Waals surface area contributed by atoms with E-state index in [2.05, 4.69) is 23.6 Å². The van der Waals surface area contributed by atoms with Crippen LogP contribution in [0.5, 0.6) is 0 Å². The minimum atomic E-state index is -0.156. The molecule has 1 fully saturated rings. The number of benzene rings is 1. The molecule has 3 rings (SSSR count). The molecule has 1 saturated carbocycles. The summed E-state index contributed by atoms with van der Waals surface area (Å²) in [5, 5.41) is 6.43. The van der Waals surface area contributed by atoms with Gasteiger partial charge < -0.3 is 10.6 Å². The van der Waals surface area contributed by atoms with Gasteiger partial charge in [0.25, 0.3) is 0 Å². The Hall–Kier alpha value is -1.35. The number of fused-ring (bicyclic) bond motifs is 1. The maximum absolute atomic E-state index is 12.0. The second kappa shape index (κ2) is 5.33. The lowest BCUT2D eigenvalue weighted by Crippen LogP contribution is -2.32. The molecule has 1 atom stereocenters. The van der Waals surface area contributed by atoms with E-state index in [-0.39, 0.29) is 11.9 Å². The van der Waals surface area contributed by atoms with Gasteiger partial charge in [0.1, 0.15) is 6.04 Å². The van der Waals surface area contributed by atoms with E-state index in [1.165, 1.54) is 37.7 Å². The molecule has 1 unspecified atom stereocenters. The molecule has 1 aliphatic heterocycles. The fourth-order valence-corrected chi connectivity index (χ4v) is 3.26. The van der Waals surface area contributed by atoms with Crippen LogP contribution in [-0.4, -0.2) is 12.5 Å². The monoisotopic (exact) mass is 258 g/mol. The van der Waals surface area contributed by atoms with Gasteiger partial charge in [-0.05, 0) is 38.3 Å². The van der Waals surface area contributed by atoms with E-state index in [1.54, 1.807) is 0 Å². The van der Waals surface area contributed by atoms with Crippen molar-refractivity contribution < 1.29 is 4.79 Å². The summed E-state index contributed by atoms with van der Waals surface area (Å²) in [6.07, 6.45) is 6.68. The summed E-state index contributed by atoms with van der Waals surface area (Å²) < 4.78 is 0. The van der Waals surface area contributed by atoms with Crippen molar-refractivity contribution >= 4 is 11.6 Å². The minimum absolute atomic E-state index is 0.0939. The molecule has 1 amide bonds. The fraction of sp³-hybridized carbons (Fsp3) is 0.562. The molecule has 0 bridgehead atoms. The Morgan fingerprint density at radius 2 is 2.05 bits per heavy atom. The summed E-state index contributed by atoms with van der Waals surface area (Å²) in [4.78, 5) is 12.0. The van der Waals surface area contributed by atoms with Gasteiger partial charge >= 0.3 is 0 Å². The summed E-state index contributed by atoms with van der Waals surface area (Å²) in [5.41, 5.74) is 3.29. The van der Waals surface area contributed by atoms with Crippen LogP contribution in [0.4, 0.5) is 5.69 Å². The Morgan fingerprint density at radius 3 is 2.84 bits per heavy atom. The van der Waals surface area contributed by atoms with Crippen molar-refractivity contribution in [1.29, 1.82) is 0 Å². The van der Waals surface area contributed by atoms with Crippen molar-refractivity contribution in [3.8, 4) is 0 Å². The highest BCUT2D eigenvalue weighted by Crippen LogP contribution is 2.32. The van der Waals surface area contributed by atoms with Crippen LogP contribution in [0.1, 0.15) is 49.3 Å². The van der Waals surface area contributed by atoms with Crippen LogP contribution >= 0.6 is 0 Å². The summed E-state index contributed by atoms with van der Waals surface area (Å²) in [5.74, 6) is 0.840. The predicted molar refractivity (Wildman–Crippen MR) is 77.1 cm³/mol. The highest BCUT2D eigenvalue weighted by Gasteiger charge is 2.30. The molecule has 0 radical (unpaired) electrons. The molecule has 1 aromatic rings. The van der Waals surface area contributed by atoms with Crippen molar-refractivity contribution in [2.75, 3.05) is 11.9 Å². The summed E-state index contributed by atoms with van der Waals surface area (Å²) in [6.45, 7) is 3.03. The zero-order valence-corrected chi connectivity index (χ0v) is 11.5. The second-order valence-corrected chi connectivity index (χ2v) is 5.93. The first-order valence-corrected chi connectivity index (χ1v) is 7.39. The quantitative estimate of drug-likeness (QED) is 0.874. The molecule has 102 valence electrons. The molecule has 19 heavy (non-hydrogen) atoms. The molecule has 0 aromatic heterocycles. The van der Waals surface area contributed by atoms with Crippen molar-refractivity contribution in [2.45, 2.75) is 45.1 Å². The van der Waals surface area contributed by atoms with Crippen LogP contribution in [0.25, 0.3) is 0 Å². The number of anilines is 1.